The molecule has 1 atom stereocenters. The summed E-state index contributed by atoms with van der Waals surface area (Å²) < 4.78 is 2.53. The molecule has 0 fully saturated rings. The summed E-state index contributed by atoms with van der Waals surface area (Å²) >= 11 is 0. The van der Waals surface area contributed by atoms with Crippen LogP contribution in [0.3, 0.4) is 0 Å². The number of hydrogen-bond acceptors (Lipinski definition) is 2. The molecule has 226 valence electrons. The van der Waals surface area contributed by atoms with Gasteiger partial charge in [-0.25, -0.2) is 4.99 Å². The van der Waals surface area contributed by atoms with Crippen LogP contribution in [0.2, 0.25) is 0 Å². The van der Waals surface area contributed by atoms with Crippen LogP contribution in [0.5, 0.6) is 0 Å². The Morgan fingerprint density at radius 3 is 2.00 bits per heavy atom. The Hall–Kier alpha value is -5.41. The van der Waals surface area contributed by atoms with E-state index in [0.29, 0.717) is 0 Å². The molecule has 10 rings (SSSR count). The summed E-state index contributed by atoms with van der Waals surface area (Å²) in [5.74, 6) is 0.927. The number of hydrogen-bond donors (Lipinski definition) is 1. The van der Waals surface area contributed by atoms with E-state index >= 15 is 0 Å². The molecule has 0 bridgehead atoms. The van der Waals surface area contributed by atoms with Crippen molar-refractivity contribution in [3.8, 4) is 11.1 Å². The number of amidine groups is 1. The molecule has 3 heteroatoms. The minimum atomic E-state index is -0.241. The van der Waals surface area contributed by atoms with E-state index in [2.05, 4.69) is 165 Å². The first kappa shape index (κ1) is 26.8. The molecule has 1 unspecified atom stereocenters. The van der Waals surface area contributed by atoms with Crippen molar-refractivity contribution in [2.45, 2.75) is 44.7 Å². The average molecular weight is 606 g/mol. The minimum absolute atomic E-state index is 0.0856. The number of benzene rings is 6. The highest BCUT2D eigenvalue weighted by atomic mass is 15.2. The van der Waals surface area contributed by atoms with Crippen molar-refractivity contribution in [2.75, 3.05) is 0 Å². The van der Waals surface area contributed by atoms with Crippen molar-refractivity contribution in [2.24, 2.45) is 4.99 Å². The lowest BCUT2D eigenvalue weighted by Crippen LogP contribution is -2.37. The monoisotopic (exact) mass is 605 g/mol. The summed E-state index contributed by atoms with van der Waals surface area (Å²) in [5.41, 5.74) is 13.7. The van der Waals surface area contributed by atoms with Gasteiger partial charge in [-0.2, -0.15) is 0 Å². The SMILES string of the molecule is CC1(C)C2=C(c3ccccc31)C(n1c3ccccc3c3cc4ccccc4cc31)NC(c1ccc3c(c1)C(C)(C)c1ccccc1-3)=N2. The van der Waals surface area contributed by atoms with Gasteiger partial charge in [-0.15, -0.1) is 0 Å². The zero-order valence-electron chi connectivity index (χ0n) is 27.1. The van der Waals surface area contributed by atoms with Gasteiger partial charge < -0.3 is 9.88 Å². The number of nitrogens with zero attached hydrogens (tertiary/aromatic N) is 2. The minimum Gasteiger partial charge on any atom is -0.345 e. The zero-order valence-corrected chi connectivity index (χ0v) is 27.1. The van der Waals surface area contributed by atoms with Crippen molar-refractivity contribution in [3.63, 3.8) is 0 Å². The van der Waals surface area contributed by atoms with Gasteiger partial charge in [0.05, 0.1) is 16.7 Å². The molecular weight excluding hydrogens is 571 g/mol. The molecule has 2 aliphatic carbocycles. The molecule has 1 N–H and O–H groups in total. The molecule has 7 aromatic rings. The first-order valence-corrected chi connectivity index (χ1v) is 16.7. The maximum atomic E-state index is 5.55. The van der Waals surface area contributed by atoms with Crippen LogP contribution in [-0.4, -0.2) is 10.4 Å². The van der Waals surface area contributed by atoms with Gasteiger partial charge in [-0.1, -0.05) is 131 Å². The Kier molecular flexibility index (Phi) is 5.19. The number of aliphatic imine (C=N–C) groups is 1. The van der Waals surface area contributed by atoms with Crippen LogP contribution in [0.25, 0.3) is 49.3 Å². The number of nitrogens with one attached hydrogen (secondary N) is 1. The van der Waals surface area contributed by atoms with Crippen molar-refractivity contribution < 1.29 is 0 Å². The van der Waals surface area contributed by atoms with Gasteiger partial charge in [-0.05, 0) is 68.4 Å². The van der Waals surface area contributed by atoms with Gasteiger partial charge >= 0.3 is 0 Å². The molecule has 0 saturated heterocycles. The highest BCUT2D eigenvalue weighted by molar-refractivity contribution is 6.14. The van der Waals surface area contributed by atoms with Crippen LogP contribution < -0.4 is 5.32 Å². The topological polar surface area (TPSA) is 29.3 Å². The lowest BCUT2D eigenvalue weighted by Gasteiger charge is -2.32. The van der Waals surface area contributed by atoms with Crippen LogP contribution in [0, 0.1) is 0 Å². The lowest BCUT2D eigenvalue weighted by atomic mass is 9.82. The Bertz CT molecular complexity index is 2560. The van der Waals surface area contributed by atoms with Crippen LogP contribution >= 0.6 is 0 Å². The van der Waals surface area contributed by atoms with E-state index in [0.717, 1.165) is 17.1 Å². The van der Waals surface area contributed by atoms with Crippen LogP contribution in [0.1, 0.15) is 61.7 Å². The maximum Gasteiger partial charge on any atom is 0.135 e. The molecule has 3 aliphatic rings. The van der Waals surface area contributed by atoms with Crippen molar-refractivity contribution in [1.29, 1.82) is 0 Å². The molecule has 1 aliphatic heterocycles. The zero-order chi connectivity index (χ0) is 31.7. The number of allylic oxidation sites excluding steroid dienone is 1. The van der Waals surface area contributed by atoms with Crippen molar-refractivity contribution in [3.05, 3.63) is 161 Å². The van der Waals surface area contributed by atoms with Gasteiger partial charge in [0.2, 0.25) is 0 Å². The van der Waals surface area contributed by atoms with Crippen molar-refractivity contribution in [1.82, 2.24) is 9.88 Å². The van der Waals surface area contributed by atoms with E-state index in [1.165, 1.54) is 71.5 Å². The summed E-state index contributed by atoms with van der Waals surface area (Å²) in [6, 6.07) is 47.0. The third kappa shape index (κ3) is 3.49. The van der Waals surface area contributed by atoms with Gasteiger partial charge in [0.15, 0.2) is 0 Å². The third-order valence-corrected chi connectivity index (χ3v) is 11.2. The van der Waals surface area contributed by atoms with Gasteiger partial charge in [-0.3, -0.25) is 0 Å². The quantitative estimate of drug-likeness (QED) is 0.209. The fourth-order valence-electron chi connectivity index (χ4n) is 8.83. The third-order valence-electron chi connectivity index (χ3n) is 11.2. The highest BCUT2D eigenvalue weighted by Crippen LogP contribution is 2.53. The Morgan fingerprint density at radius 1 is 0.553 bits per heavy atom. The Balaban J connectivity index is 1.24. The molecular formula is C44H35N3. The fourth-order valence-corrected chi connectivity index (χ4v) is 8.83. The van der Waals surface area contributed by atoms with Crippen LogP contribution in [-0.2, 0) is 10.8 Å². The van der Waals surface area contributed by atoms with Crippen molar-refractivity contribution >= 4 is 44.0 Å². The Labute approximate surface area is 274 Å². The first-order valence-electron chi connectivity index (χ1n) is 16.7. The summed E-state index contributed by atoms with van der Waals surface area (Å²) in [6.45, 7) is 9.36. The predicted molar refractivity (Wildman–Crippen MR) is 196 cm³/mol. The summed E-state index contributed by atoms with van der Waals surface area (Å²) in [6.07, 6.45) is -0.151. The summed E-state index contributed by atoms with van der Waals surface area (Å²) in [4.78, 5) is 5.55. The molecule has 47 heavy (non-hydrogen) atoms. The second-order valence-electron chi connectivity index (χ2n) is 14.5. The molecule has 6 aromatic carbocycles. The van der Waals surface area contributed by atoms with E-state index in [9.17, 15) is 0 Å². The van der Waals surface area contributed by atoms with Gasteiger partial charge in [0, 0.05) is 32.7 Å². The van der Waals surface area contributed by atoms with E-state index in [-0.39, 0.29) is 17.0 Å². The predicted octanol–water partition coefficient (Wildman–Crippen LogP) is 10.5. The molecule has 0 amide bonds. The van der Waals surface area contributed by atoms with E-state index in [4.69, 9.17) is 4.99 Å². The second kappa shape index (κ2) is 9.11. The molecule has 2 heterocycles. The van der Waals surface area contributed by atoms with E-state index in [1.807, 2.05) is 0 Å². The maximum absolute atomic E-state index is 5.55. The summed E-state index contributed by atoms with van der Waals surface area (Å²) in [5, 5.41) is 9.10. The average Bonchev–Trinajstić information content (AvgIpc) is 3.63. The fraction of sp³-hybridized carbons (Fsp3) is 0.159. The normalized spacial score (nSPS) is 18.6. The van der Waals surface area contributed by atoms with Crippen LogP contribution in [0.4, 0.5) is 0 Å². The Morgan fingerprint density at radius 2 is 1.19 bits per heavy atom. The molecule has 0 spiro atoms. The highest BCUT2D eigenvalue weighted by Gasteiger charge is 2.44. The van der Waals surface area contributed by atoms with Crippen LogP contribution in [0.15, 0.2) is 138 Å². The number of fused-ring (bicyclic) bond motifs is 9. The first-order chi connectivity index (χ1) is 22.8. The smallest absolute Gasteiger partial charge is 0.135 e. The largest absolute Gasteiger partial charge is 0.345 e. The second-order valence-corrected chi connectivity index (χ2v) is 14.5. The van der Waals surface area contributed by atoms with Gasteiger partial charge in [0.1, 0.15) is 12.0 Å². The number of rotatable bonds is 2. The number of para-hydroxylation sites is 1. The number of aromatic nitrogens is 1. The molecule has 1 aromatic heterocycles. The molecule has 0 saturated carbocycles. The van der Waals surface area contributed by atoms with Gasteiger partial charge in [0.25, 0.3) is 0 Å². The standard InChI is InChI=1S/C44H35N3/c1-43(2)34-18-10-7-15-29(34)30-22-21-28(24-36(30)43)41-45-40-39(32-17-8-11-19-35(32)44(40,3)4)42(46-41)47-37-20-12-9-16-31(37)33-23-26-13-5-6-14-27(26)25-38(33)47/h5-25,42H,1-4H3,(H,45,46). The summed E-state index contributed by atoms with van der Waals surface area (Å²) in [7, 11) is 0. The molecule has 0 radical (unpaired) electrons. The van der Waals surface area contributed by atoms with E-state index in [1.54, 1.807) is 0 Å². The van der Waals surface area contributed by atoms with E-state index < -0.39 is 0 Å². The lowest BCUT2D eigenvalue weighted by molar-refractivity contribution is 0.584. The molecule has 3 nitrogen and oxygen atoms in total.